The summed E-state index contributed by atoms with van der Waals surface area (Å²) in [7, 11) is 0. The monoisotopic (exact) mass is 354 g/mol. The minimum absolute atomic E-state index is 0.115. The van der Waals surface area contributed by atoms with Crippen molar-refractivity contribution in [1.29, 1.82) is 0 Å². The van der Waals surface area contributed by atoms with E-state index < -0.39 is 5.60 Å². The number of hydrogen-bond acceptors (Lipinski definition) is 3. The van der Waals surface area contributed by atoms with E-state index in [-0.39, 0.29) is 11.6 Å². The fourth-order valence-corrected chi connectivity index (χ4v) is 3.56. The average Bonchev–Trinajstić information content (AvgIpc) is 2.41. The smallest absolute Gasteiger partial charge is 0.330 e. The lowest BCUT2D eigenvalue weighted by molar-refractivity contribution is -0.151. The Labute approximate surface area is 156 Å². The molecule has 3 nitrogen and oxygen atoms in total. The second kappa shape index (κ2) is 11.0. The molecule has 3 heteroatoms. The van der Waals surface area contributed by atoms with Crippen molar-refractivity contribution in [1.82, 2.24) is 0 Å². The molecule has 0 spiro atoms. The van der Waals surface area contributed by atoms with Gasteiger partial charge in [0.2, 0.25) is 0 Å². The van der Waals surface area contributed by atoms with E-state index in [2.05, 4.69) is 48.1 Å². The molecule has 0 aliphatic rings. The van der Waals surface area contributed by atoms with E-state index in [1.807, 2.05) is 13.8 Å². The van der Waals surface area contributed by atoms with Crippen LogP contribution in [-0.2, 0) is 14.3 Å². The molecule has 0 aliphatic carbocycles. The molecular weight excluding hydrogens is 312 g/mol. The molecule has 0 rings (SSSR count). The van der Waals surface area contributed by atoms with Crippen LogP contribution in [0.25, 0.3) is 0 Å². The van der Waals surface area contributed by atoms with Gasteiger partial charge in [0.05, 0.1) is 5.60 Å². The van der Waals surface area contributed by atoms with Gasteiger partial charge in [-0.2, -0.15) is 0 Å². The highest BCUT2D eigenvalue weighted by Crippen LogP contribution is 2.30. The van der Waals surface area contributed by atoms with E-state index in [1.165, 1.54) is 18.9 Å². The minimum atomic E-state index is -0.476. The maximum Gasteiger partial charge on any atom is 0.330 e. The first kappa shape index (κ1) is 24.2. The van der Waals surface area contributed by atoms with Crippen molar-refractivity contribution < 1.29 is 14.3 Å². The van der Waals surface area contributed by atoms with Crippen LogP contribution in [-0.4, -0.2) is 23.8 Å². The molecule has 0 saturated carbocycles. The topological polar surface area (TPSA) is 35.5 Å². The van der Waals surface area contributed by atoms with Gasteiger partial charge in [-0.25, -0.2) is 4.79 Å². The van der Waals surface area contributed by atoms with Crippen molar-refractivity contribution >= 4 is 5.97 Å². The molecule has 0 amide bonds. The lowest BCUT2D eigenvalue weighted by Crippen LogP contribution is -2.31. The predicted molar refractivity (Wildman–Crippen MR) is 107 cm³/mol. The normalized spacial score (nSPS) is 12.9. The number of hydrogen-bond donors (Lipinski definition) is 0. The van der Waals surface area contributed by atoms with Gasteiger partial charge in [0.25, 0.3) is 0 Å². The fourth-order valence-electron chi connectivity index (χ4n) is 3.56. The molecule has 0 heterocycles. The summed E-state index contributed by atoms with van der Waals surface area (Å²) in [5.41, 5.74) is -0.590. The van der Waals surface area contributed by atoms with Gasteiger partial charge in [-0.05, 0) is 77.6 Å². The number of esters is 1. The largest absolute Gasteiger partial charge is 0.457 e. The van der Waals surface area contributed by atoms with Gasteiger partial charge in [0, 0.05) is 12.7 Å². The molecule has 0 aliphatic heterocycles. The van der Waals surface area contributed by atoms with Crippen molar-refractivity contribution in [3.05, 3.63) is 12.7 Å². The number of carbonyl (C=O) groups is 1. The third-order valence-corrected chi connectivity index (χ3v) is 4.35. The Morgan fingerprint density at radius 1 is 1.00 bits per heavy atom. The summed E-state index contributed by atoms with van der Waals surface area (Å²) in [6.07, 6.45) is 6.48. The standard InChI is InChI=1S/C22H42O3/c1-10-20(23)25-21(6,7)12-11-13-24-22(8,9)16-19(14-17(2)3)15-18(4)5/h10,17-19H,1,11-16H2,2-9H3. The van der Waals surface area contributed by atoms with E-state index in [9.17, 15) is 4.79 Å². The first-order valence-corrected chi connectivity index (χ1v) is 9.86. The van der Waals surface area contributed by atoms with Crippen LogP contribution in [0.4, 0.5) is 0 Å². The number of carbonyl (C=O) groups excluding carboxylic acids is 1. The third kappa shape index (κ3) is 13.1. The van der Waals surface area contributed by atoms with Gasteiger partial charge in [0.1, 0.15) is 5.60 Å². The van der Waals surface area contributed by atoms with E-state index in [4.69, 9.17) is 9.47 Å². The van der Waals surface area contributed by atoms with Crippen LogP contribution in [0.5, 0.6) is 0 Å². The average molecular weight is 355 g/mol. The second-order valence-electron chi connectivity index (χ2n) is 9.43. The zero-order chi connectivity index (χ0) is 19.7. The second-order valence-corrected chi connectivity index (χ2v) is 9.43. The van der Waals surface area contributed by atoms with Crippen molar-refractivity contribution in [2.75, 3.05) is 6.61 Å². The highest BCUT2D eigenvalue weighted by atomic mass is 16.6. The lowest BCUT2D eigenvalue weighted by Gasteiger charge is -2.32. The van der Waals surface area contributed by atoms with E-state index in [0.29, 0.717) is 12.5 Å². The summed E-state index contributed by atoms with van der Waals surface area (Å²) >= 11 is 0. The Kier molecular flexibility index (Phi) is 10.6. The molecule has 0 unspecified atom stereocenters. The Morgan fingerprint density at radius 3 is 1.96 bits per heavy atom. The molecular formula is C22H42O3. The van der Waals surface area contributed by atoms with Gasteiger partial charge in [-0.15, -0.1) is 0 Å². The predicted octanol–water partition coefficient (Wildman–Crippen LogP) is 6.17. The Hall–Kier alpha value is -0.830. The van der Waals surface area contributed by atoms with Crippen LogP contribution in [0.3, 0.4) is 0 Å². The van der Waals surface area contributed by atoms with Crippen molar-refractivity contribution in [2.24, 2.45) is 17.8 Å². The van der Waals surface area contributed by atoms with Crippen LogP contribution in [0.1, 0.15) is 87.5 Å². The molecule has 0 saturated heterocycles. The van der Waals surface area contributed by atoms with Gasteiger partial charge < -0.3 is 9.47 Å². The molecule has 0 fully saturated rings. The maximum atomic E-state index is 11.3. The molecule has 0 bridgehead atoms. The van der Waals surface area contributed by atoms with E-state index >= 15 is 0 Å². The maximum absolute atomic E-state index is 11.3. The molecule has 25 heavy (non-hydrogen) atoms. The van der Waals surface area contributed by atoms with Crippen LogP contribution in [0.2, 0.25) is 0 Å². The highest BCUT2D eigenvalue weighted by Gasteiger charge is 2.26. The Balaban J connectivity index is 4.36. The van der Waals surface area contributed by atoms with Crippen molar-refractivity contribution in [3.63, 3.8) is 0 Å². The van der Waals surface area contributed by atoms with Crippen LogP contribution in [0, 0.1) is 17.8 Å². The van der Waals surface area contributed by atoms with E-state index in [0.717, 1.165) is 31.1 Å². The van der Waals surface area contributed by atoms with Gasteiger partial charge in [0.15, 0.2) is 0 Å². The molecule has 0 aromatic heterocycles. The molecule has 0 aromatic carbocycles. The van der Waals surface area contributed by atoms with Gasteiger partial charge in [-0.1, -0.05) is 34.3 Å². The summed E-state index contributed by atoms with van der Waals surface area (Å²) in [6, 6.07) is 0. The summed E-state index contributed by atoms with van der Waals surface area (Å²) in [6.45, 7) is 21.6. The van der Waals surface area contributed by atoms with Crippen molar-refractivity contribution in [2.45, 2.75) is 98.7 Å². The lowest BCUT2D eigenvalue weighted by atomic mass is 9.82. The molecule has 0 atom stereocenters. The molecule has 0 radical (unpaired) electrons. The first-order chi connectivity index (χ1) is 11.4. The number of ether oxygens (including phenoxy) is 2. The highest BCUT2D eigenvalue weighted by molar-refractivity contribution is 5.81. The van der Waals surface area contributed by atoms with Gasteiger partial charge in [-0.3, -0.25) is 0 Å². The summed E-state index contributed by atoms with van der Waals surface area (Å²) in [5.74, 6) is 1.79. The molecule has 0 N–H and O–H groups in total. The zero-order valence-electron chi connectivity index (χ0n) is 18.0. The van der Waals surface area contributed by atoms with Crippen LogP contribution >= 0.6 is 0 Å². The zero-order valence-corrected chi connectivity index (χ0v) is 18.0. The SMILES string of the molecule is C=CC(=O)OC(C)(C)CCCOC(C)(C)CC(CC(C)C)CC(C)C. The quantitative estimate of drug-likeness (QED) is 0.225. The molecule has 148 valence electrons. The Bertz CT molecular complexity index is 384. The van der Waals surface area contributed by atoms with Crippen molar-refractivity contribution in [3.8, 4) is 0 Å². The first-order valence-electron chi connectivity index (χ1n) is 9.86. The molecule has 0 aromatic rings. The van der Waals surface area contributed by atoms with E-state index in [1.54, 1.807) is 0 Å². The third-order valence-electron chi connectivity index (χ3n) is 4.35. The summed E-state index contributed by atoms with van der Waals surface area (Å²) in [4.78, 5) is 11.3. The summed E-state index contributed by atoms with van der Waals surface area (Å²) in [5, 5.41) is 0. The van der Waals surface area contributed by atoms with Crippen LogP contribution in [0.15, 0.2) is 12.7 Å². The number of rotatable bonds is 13. The minimum Gasteiger partial charge on any atom is -0.457 e. The summed E-state index contributed by atoms with van der Waals surface area (Å²) < 4.78 is 11.5. The van der Waals surface area contributed by atoms with Crippen LogP contribution < -0.4 is 0 Å². The fraction of sp³-hybridized carbons (Fsp3) is 0.864. The Morgan fingerprint density at radius 2 is 1.52 bits per heavy atom. The van der Waals surface area contributed by atoms with Gasteiger partial charge >= 0.3 is 5.97 Å².